The Labute approximate surface area is 198 Å². The molecule has 1 aliphatic carbocycles. The molecule has 8 nitrogen and oxygen atoms in total. The van der Waals surface area contributed by atoms with Crippen molar-refractivity contribution in [3.05, 3.63) is 80.0 Å². The lowest BCUT2D eigenvalue weighted by molar-refractivity contribution is -0.139. The standard InChI is InChI=1S/C25H24F2N4O4/c26-18-5-7-21-19(13-18)22(32)28-25(35)31(21)14-17-12-16(4-6-20(17)27)24(34)30-10-8-29(9-11-30)23(33)15-2-1-3-15/h4-7,12-13,15H,1-3,8-11,14H2,(H,28,32,35). The predicted molar refractivity (Wildman–Crippen MR) is 124 cm³/mol. The second-order valence-corrected chi connectivity index (χ2v) is 9.06. The number of carbonyl (C=O) groups is 2. The second kappa shape index (κ2) is 9.09. The summed E-state index contributed by atoms with van der Waals surface area (Å²) in [5.41, 5.74) is -1.01. The second-order valence-electron chi connectivity index (χ2n) is 9.06. The van der Waals surface area contributed by atoms with Crippen LogP contribution in [0.3, 0.4) is 0 Å². The molecule has 1 aliphatic heterocycles. The van der Waals surface area contributed by atoms with E-state index >= 15 is 0 Å². The van der Waals surface area contributed by atoms with Gasteiger partial charge in [0.1, 0.15) is 11.6 Å². The van der Waals surface area contributed by atoms with Crippen LogP contribution < -0.4 is 11.2 Å². The molecular weight excluding hydrogens is 458 g/mol. The minimum atomic E-state index is -0.766. The zero-order valence-corrected chi connectivity index (χ0v) is 18.9. The van der Waals surface area contributed by atoms with E-state index in [4.69, 9.17) is 0 Å². The Bertz CT molecular complexity index is 1440. The average Bonchev–Trinajstić information content (AvgIpc) is 2.81. The van der Waals surface area contributed by atoms with Gasteiger partial charge < -0.3 is 9.80 Å². The number of nitrogens with zero attached hydrogens (tertiary/aromatic N) is 3. The smallest absolute Gasteiger partial charge is 0.329 e. The quantitative estimate of drug-likeness (QED) is 0.616. The number of aromatic nitrogens is 2. The minimum Gasteiger partial charge on any atom is -0.339 e. The van der Waals surface area contributed by atoms with Gasteiger partial charge in [0, 0.05) is 43.2 Å². The number of hydrogen-bond acceptors (Lipinski definition) is 4. The fourth-order valence-corrected chi connectivity index (χ4v) is 4.65. The van der Waals surface area contributed by atoms with Crippen LogP contribution in [0.2, 0.25) is 0 Å². The molecule has 1 aromatic heterocycles. The van der Waals surface area contributed by atoms with Crippen molar-refractivity contribution in [3.8, 4) is 0 Å². The Balaban J connectivity index is 1.36. The molecule has 3 aromatic rings. The fraction of sp³-hybridized carbons (Fsp3) is 0.360. The van der Waals surface area contributed by atoms with Gasteiger partial charge in [-0.15, -0.1) is 0 Å². The van der Waals surface area contributed by atoms with Crippen molar-refractivity contribution in [1.29, 1.82) is 0 Å². The SMILES string of the molecule is O=C(c1ccc(F)c(Cn2c(=O)[nH]c(=O)c3cc(F)ccc32)c1)N1CCN(C(=O)C2CCC2)CC1. The lowest BCUT2D eigenvalue weighted by atomic mass is 9.84. The van der Waals surface area contributed by atoms with E-state index in [-0.39, 0.29) is 46.3 Å². The molecule has 2 heterocycles. The summed E-state index contributed by atoms with van der Waals surface area (Å²) in [7, 11) is 0. The molecule has 0 spiro atoms. The first-order chi connectivity index (χ1) is 16.8. The van der Waals surface area contributed by atoms with E-state index in [2.05, 4.69) is 4.98 Å². The number of piperazine rings is 1. The van der Waals surface area contributed by atoms with Crippen LogP contribution in [0.1, 0.15) is 35.2 Å². The zero-order chi connectivity index (χ0) is 24.7. The summed E-state index contributed by atoms with van der Waals surface area (Å²) in [6.07, 6.45) is 2.94. The summed E-state index contributed by atoms with van der Waals surface area (Å²) in [4.78, 5) is 55.7. The fourth-order valence-electron chi connectivity index (χ4n) is 4.65. The Kier molecular flexibility index (Phi) is 5.96. The van der Waals surface area contributed by atoms with Crippen LogP contribution in [0.15, 0.2) is 46.0 Å². The summed E-state index contributed by atoms with van der Waals surface area (Å²) in [6, 6.07) is 7.35. The van der Waals surface area contributed by atoms with Gasteiger partial charge in [0.15, 0.2) is 0 Å². The molecule has 182 valence electrons. The van der Waals surface area contributed by atoms with E-state index in [1.807, 2.05) is 0 Å². The van der Waals surface area contributed by atoms with Crippen LogP contribution in [-0.2, 0) is 11.3 Å². The summed E-state index contributed by atoms with van der Waals surface area (Å²) in [5, 5.41) is -0.0356. The van der Waals surface area contributed by atoms with Gasteiger partial charge in [0.2, 0.25) is 5.91 Å². The van der Waals surface area contributed by atoms with E-state index in [1.54, 1.807) is 9.80 Å². The minimum absolute atomic E-state index is 0.0356. The topological polar surface area (TPSA) is 95.5 Å². The maximum absolute atomic E-state index is 14.7. The Morgan fingerprint density at radius 2 is 1.66 bits per heavy atom. The van der Waals surface area contributed by atoms with Crippen molar-refractivity contribution in [2.24, 2.45) is 5.92 Å². The number of rotatable bonds is 4. The number of fused-ring (bicyclic) bond motifs is 1. The molecular formula is C25H24F2N4O4. The number of aromatic amines is 1. The summed E-state index contributed by atoms with van der Waals surface area (Å²) in [5.74, 6) is -1.28. The number of benzene rings is 2. The first kappa shape index (κ1) is 22.9. The van der Waals surface area contributed by atoms with E-state index in [0.29, 0.717) is 26.2 Å². The summed E-state index contributed by atoms with van der Waals surface area (Å²) in [6.45, 7) is 1.45. The van der Waals surface area contributed by atoms with Gasteiger partial charge in [0.05, 0.1) is 17.4 Å². The lowest BCUT2D eigenvalue weighted by Crippen LogP contribution is -2.52. The number of halogens is 2. The molecule has 0 radical (unpaired) electrons. The number of hydrogen-bond donors (Lipinski definition) is 1. The molecule has 10 heteroatoms. The number of H-pyrrole nitrogens is 1. The third-order valence-corrected chi connectivity index (χ3v) is 6.91. The molecule has 35 heavy (non-hydrogen) atoms. The van der Waals surface area contributed by atoms with E-state index in [1.165, 1.54) is 18.2 Å². The highest BCUT2D eigenvalue weighted by atomic mass is 19.1. The van der Waals surface area contributed by atoms with E-state index < -0.39 is 22.9 Å². The monoisotopic (exact) mass is 482 g/mol. The number of carbonyl (C=O) groups excluding carboxylic acids is 2. The number of amides is 2. The van der Waals surface area contributed by atoms with Crippen LogP contribution in [0.25, 0.3) is 10.9 Å². The van der Waals surface area contributed by atoms with Crippen LogP contribution in [0.5, 0.6) is 0 Å². The molecule has 1 saturated heterocycles. The highest BCUT2D eigenvalue weighted by Gasteiger charge is 2.32. The third-order valence-electron chi connectivity index (χ3n) is 6.91. The van der Waals surface area contributed by atoms with Crippen molar-refractivity contribution in [1.82, 2.24) is 19.4 Å². The Hall–Kier alpha value is -3.82. The molecule has 1 N–H and O–H groups in total. The van der Waals surface area contributed by atoms with Crippen LogP contribution in [-0.4, -0.2) is 57.3 Å². The summed E-state index contributed by atoms with van der Waals surface area (Å²) < 4.78 is 29.4. The number of nitrogens with one attached hydrogen (secondary N) is 1. The average molecular weight is 482 g/mol. The van der Waals surface area contributed by atoms with Crippen molar-refractivity contribution in [3.63, 3.8) is 0 Å². The molecule has 2 aromatic carbocycles. The maximum Gasteiger partial charge on any atom is 0.329 e. The first-order valence-corrected chi connectivity index (χ1v) is 11.6. The van der Waals surface area contributed by atoms with Crippen LogP contribution in [0, 0.1) is 17.6 Å². The predicted octanol–water partition coefficient (Wildman–Crippen LogP) is 2.10. The normalized spacial score (nSPS) is 16.4. The zero-order valence-electron chi connectivity index (χ0n) is 18.9. The van der Waals surface area contributed by atoms with Gasteiger partial charge in [-0.2, -0.15) is 0 Å². The largest absolute Gasteiger partial charge is 0.339 e. The van der Waals surface area contributed by atoms with Gasteiger partial charge in [-0.3, -0.25) is 23.9 Å². The molecule has 0 bridgehead atoms. The lowest BCUT2D eigenvalue weighted by Gasteiger charge is -2.38. The molecule has 0 unspecified atom stereocenters. The molecule has 5 rings (SSSR count). The van der Waals surface area contributed by atoms with Crippen molar-refractivity contribution in [2.45, 2.75) is 25.8 Å². The van der Waals surface area contributed by atoms with Crippen molar-refractivity contribution < 1.29 is 18.4 Å². The summed E-state index contributed by atoms with van der Waals surface area (Å²) >= 11 is 0. The molecule has 2 fully saturated rings. The third kappa shape index (κ3) is 4.36. The van der Waals surface area contributed by atoms with Gasteiger partial charge >= 0.3 is 5.69 Å². The Morgan fingerprint density at radius 3 is 2.34 bits per heavy atom. The van der Waals surface area contributed by atoms with Crippen LogP contribution in [0.4, 0.5) is 8.78 Å². The molecule has 1 saturated carbocycles. The molecule has 2 amide bonds. The van der Waals surface area contributed by atoms with Crippen molar-refractivity contribution in [2.75, 3.05) is 26.2 Å². The molecule has 2 aliphatic rings. The Morgan fingerprint density at radius 1 is 0.943 bits per heavy atom. The highest BCUT2D eigenvalue weighted by Crippen LogP contribution is 2.28. The first-order valence-electron chi connectivity index (χ1n) is 11.6. The van der Waals surface area contributed by atoms with Crippen LogP contribution >= 0.6 is 0 Å². The highest BCUT2D eigenvalue weighted by molar-refractivity contribution is 5.94. The van der Waals surface area contributed by atoms with E-state index in [0.717, 1.165) is 42.0 Å². The van der Waals surface area contributed by atoms with Gasteiger partial charge in [-0.1, -0.05) is 6.42 Å². The van der Waals surface area contributed by atoms with Gasteiger partial charge in [-0.25, -0.2) is 13.6 Å². The molecule has 0 atom stereocenters. The van der Waals surface area contributed by atoms with Gasteiger partial charge in [0.25, 0.3) is 11.5 Å². The van der Waals surface area contributed by atoms with E-state index in [9.17, 15) is 28.0 Å². The van der Waals surface area contributed by atoms with Gasteiger partial charge in [-0.05, 0) is 49.2 Å². The maximum atomic E-state index is 14.7. The van der Waals surface area contributed by atoms with Crippen molar-refractivity contribution >= 4 is 22.7 Å².